The lowest BCUT2D eigenvalue weighted by atomic mass is 10.0. The predicted octanol–water partition coefficient (Wildman–Crippen LogP) is 18.0. The Bertz CT molecular complexity index is 1760. The maximum absolute atomic E-state index is 13.0. The van der Waals surface area contributed by atoms with Gasteiger partial charge in [-0.1, -0.05) is 252 Å². The number of hydrogen-bond acceptors (Lipinski definition) is 15. The quantitative estimate of drug-likeness (QED) is 0.0169. The minimum absolute atomic E-state index is 0.0844. The molecule has 500 valence electrons. The lowest BCUT2D eigenvalue weighted by molar-refractivity contribution is -0.161. The topological polar surface area (TPSA) is 237 Å². The van der Waals surface area contributed by atoms with Crippen molar-refractivity contribution in [3.63, 3.8) is 0 Å². The number of aliphatic hydroxyl groups excluding tert-OH is 1. The summed E-state index contributed by atoms with van der Waals surface area (Å²) in [4.78, 5) is 72.2. The summed E-state index contributed by atoms with van der Waals surface area (Å²) in [6.07, 6.45) is 44.1. The Labute approximate surface area is 516 Å². The van der Waals surface area contributed by atoms with E-state index < -0.39 is 97.5 Å². The SMILES string of the molecule is CCCCCC/C=C\C=C/CCCCCCCC(=O)O[C@H](COC(=O)CCCCCCCCCCCCC(C)C)COP(=O)(O)OC[C@@H](O)COP(=O)(O)OC[C@@H](COC(=O)CCCCCCCCCC)OC(=O)CCCCCCCCC(C)C. The van der Waals surface area contributed by atoms with E-state index in [1.54, 1.807) is 0 Å². The second kappa shape index (κ2) is 57.9. The van der Waals surface area contributed by atoms with Crippen LogP contribution >= 0.6 is 15.6 Å². The molecule has 0 aliphatic carbocycles. The molecule has 0 amide bonds. The molecule has 0 aromatic carbocycles. The number of hydrogen-bond donors (Lipinski definition) is 3. The molecule has 0 radical (unpaired) electrons. The van der Waals surface area contributed by atoms with Crippen LogP contribution in [0.15, 0.2) is 24.3 Å². The number of phosphoric ester groups is 2. The number of allylic oxidation sites excluding steroid dienone is 4. The molecule has 0 aromatic rings. The molecule has 0 aliphatic rings. The highest BCUT2D eigenvalue weighted by Crippen LogP contribution is 2.45. The minimum Gasteiger partial charge on any atom is -0.462 e. The average molecular weight is 1250 g/mol. The molecule has 17 nitrogen and oxygen atoms in total. The van der Waals surface area contributed by atoms with Gasteiger partial charge in [0.15, 0.2) is 12.2 Å². The minimum atomic E-state index is -4.96. The Morgan fingerprint density at radius 2 is 0.635 bits per heavy atom. The monoisotopic (exact) mass is 1250 g/mol. The van der Waals surface area contributed by atoms with Gasteiger partial charge in [-0.05, 0) is 63.2 Å². The van der Waals surface area contributed by atoms with Crippen LogP contribution in [0.1, 0.15) is 305 Å². The van der Waals surface area contributed by atoms with E-state index in [1.165, 1.54) is 103 Å². The summed E-state index contributed by atoms with van der Waals surface area (Å²) in [6.45, 7) is 9.31. The summed E-state index contributed by atoms with van der Waals surface area (Å²) < 4.78 is 67.9. The van der Waals surface area contributed by atoms with Crippen LogP contribution in [0.25, 0.3) is 0 Å². The van der Waals surface area contributed by atoms with Crippen LogP contribution in [-0.2, 0) is 65.4 Å². The molecule has 2 unspecified atom stereocenters. The van der Waals surface area contributed by atoms with Crippen molar-refractivity contribution in [2.45, 2.75) is 323 Å². The Morgan fingerprint density at radius 1 is 0.365 bits per heavy atom. The number of aliphatic hydroxyl groups is 1. The van der Waals surface area contributed by atoms with Crippen LogP contribution in [0.5, 0.6) is 0 Å². The van der Waals surface area contributed by atoms with Gasteiger partial charge < -0.3 is 33.8 Å². The molecular formula is C66H124O17P2. The molecule has 0 fully saturated rings. The van der Waals surface area contributed by atoms with Crippen molar-refractivity contribution in [3.8, 4) is 0 Å². The number of ether oxygens (including phenoxy) is 4. The Hall–Kier alpha value is -2.46. The van der Waals surface area contributed by atoms with Gasteiger partial charge in [-0.2, -0.15) is 0 Å². The van der Waals surface area contributed by atoms with Gasteiger partial charge in [0.25, 0.3) is 0 Å². The van der Waals surface area contributed by atoms with Gasteiger partial charge in [0.2, 0.25) is 0 Å². The third kappa shape index (κ3) is 60.2. The van der Waals surface area contributed by atoms with Gasteiger partial charge in [0, 0.05) is 25.7 Å². The number of rotatable bonds is 63. The van der Waals surface area contributed by atoms with Crippen molar-refractivity contribution in [2.24, 2.45) is 11.8 Å². The summed E-state index contributed by atoms with van der Waals surface area (Å²) in [5, 5.41) is 10.5. The number of unbranched alkanes of at least 4 members (excludes halogenated alkanes) is 30. The van der Waals surface area contributed by atoms with Crippen molar-refractivity contribution in [2.75, 3.05) is 39.6 Å². The van der Waals surface area contributed by atoms with Gasteiger partial charge in [-0.25, -0.2) is 9.13 Å². The molecule has 0 bridgehead atoms. The van der Waals surface area contributed by atoms with Crippen molar-refractivity contribution < 1.29 is 80.2 Å². The highest BCUT2D eigenvalue weighted by Gasteiger charge is 2.30. The van der Waals surface area contributed by atoms with Crippen molar-refractivity contribution >= 4 is 39.5 Å². The standard InChI is InChI=1S/C66H124O17P2/c1-7-9-11-13-15-17-18-19-20-21-22-27-31-38-44-50-65(70)82-61(54-77-64(69)49-43-37-30-26-24-23-25-28-34-40-46-58(3)4)56-80-84(72,73)78-52-60(67)53-79-85(74,75)81-57-62(55-76-63(68)48-42-36-29-16-14-12-10-8-2)83-66(71)51-45-39-33-32-35-41-47-59(5)6/h17-20,58-62,67H,7-16,21-57H2,1-6H3,(H,72,73)(H,74,75)/b18-17-,20-19-/t60-,61-,62-/m1/s1. The largest absolute Gasteiger partial charge is 0.472 e. The number of carbonyl (C=O) groups excluding carboxylic acids is 4. The van der Waals surface area contributed by atoms with E-state index in [9.17, 15) is 43.2 Å². The van der Waals surface area contributed by atoms with E-state index in [4.69, 9.17) is 37.0 Å². The molecule has 0 aliphatic heterocycles. The first-order chi connectivity index (χ1) is 40.9. The van der Waals surface area contributed by atoms with Crippen LogP contribution < -0.4 is 0 Å². The fraction of sp³-hybridized carbons (Fsp3) is 0.879. The smallest absolute Gasteiger partial charge is 0.462 e. The van der Waals surface area contributed by atoms with Crippen molar-refractivity contribution in [3.05, 3.63) is 24.3 Å². The molecule has 0 spiro atoms. The second-order valence-electron chi connectivity index (χ2n) is 24.1. The third-order valence-electron chi connectivity index (χ3n) is 14.6. The van der Waals surface area contributed by atoms with E-state index in [0.717, 1.165) is 115 Å². The van der Waals surface area contributed by atoms with Crippen LogP contribution in [0, 0.1) is 11.8 Å². The Morgan fingerprint density at radius 3 is 0.965 bits per heavy atom. The van der Waals surface area contributed by atoms with Crippen molar-refractivity contribution in [1.29, 1.82) is 0 Å². The lowest BCUT2D eigenvalue weighted by Gasteiger charge is -2.21. The predicted molar refractivity (Wildman–Crippen MR) is 340 cm³/mol. The number of carbonyl (C=O) groups is 4. The van der Waals surface area contributed by atoms with E-state index in [2.05, 4.69) is 65.8 Å². The van der Waals surface area contributed by atoms with E-state index >= 15 is 0 Å². The molecule has 3 N–H and O–H groups in total. The van der Waals surface area contributed by atoms with E-state index in [1.807, 2.05) is 0 Å². The Balaban J connectivity index is 5.26. The maximum atomic E-state index is 13.0. The van der Waals surface area contributed by atoms with Gasteiger partial charge in [-0.3, -0.25) is 37.3 Å². The summed E-state index contributed by atoms with van der Waals surface area (Å²) in [6, 6.07) is 0. The highest BCUT2D eigenvalue weighted by atomic mass is 31.2. The van der Waals surface area contributed by atoms with Crippen molar-refractivity contribution in [1.82, 2.24) is 0 Å². The van der Waals surface area contributed by atoms with Crippen LogP contribution in [0.2, 0.25) is 0 Å². The molecule has 0 rings (SSSR count). The zero-order chi connectivity index (χ0) is 62.9. The highest BCUT2D eigenvalue weighted by molar-refractivity contribution is 7.47. The first kappa shape index (κ1) is 82.5. The molecular weight excluding hydrogens is 1130 g/mol. The second-order valence-corrected chi connectivity index (χ2v) is 27.0. The number of esters is 4. The fourth-order valence-electron chi connectivity index (χ4n) is 9.34. The van der Waals surface area contributed by atoms with Gasteiger partial charge in [0.05, 0.1) is 26.4 Å². The first-order valence-corrected chi connectivity index (χ1v) is 36.8. The summed E-state index contributed by atoms with van der Waals surface area (Å²) in [7, 11) is -9.90. The molecule has 0 saturated heterocycles. The third-order valence-corrected chi connectivity index (χ3v) is 16.5. The van der Waals surface area contributed by atoms with E-state index in [-0.39, 0.29) is 25.7 Å². The normalized spacial score (nSPS) is 14.4. The molecule has 85 heavy (non-hydrogen) atoms. The maximum Gasteiger partial charge on any atom is 0.472 e. The average Bonchev–Trinajstić information content (AvgIpc) is 3.58. The lowest BCUT2D eigenvalue weighted by Crippen LogP contribution is -2.30. The van der Waals surface area contributed by atoms with Gasteiger partial charge in [0.1, 0.15) is 19.3 Å². The molecule has 5 atom stereocenters. The molecule has 19 heteroatoms. The van der Waals surface area contributed by atoms with Crippen LogP contribution in [0.4, 0.5) is 0 Å². The Kier molecular flexibility index (Phi) is 56.3. The summed E-state index contributed by atoms with van der Waals surface area (Å²) in [5.41, 5.74) is 0. The summed E-state index contributed by atoms with van der Waals surface area (Å²) in [5.74, 6) is -0.744. The molecule has 0 aromatic heterocycles. The van der Waals surface area contributed by atoms with Gasteiger partial charge in [-0.15, -0.1) is 0 Å². The number of phosphoric acid groups is 2. The molecule has 0 heterocycles. The summed E-state index contributed by atoms with van der Waals surface area (Å²) >= 11 is 0. The van der Waals surface area contributed by atoms with Gasteiger partial charge >= 0.3 is 39.5 Å². The zero-order valence-corrected chi connectivity index (χ0v) is 56.2. The first-order valence-electron chi connectivity index (χ1n) is 33.8. The fourth-order valence-corrected chi connectivity index (χ4v) is 10.9. The van der Waals surface area contributed by atoms with E-state index in [0.29, 0.717) is 31.6 Å². The molecule has 0 saturated carbocycles. The van der Waals surface area contributed by atoms with Crippen LogP contribution in [-0.4, -0.2) is 96.7 Å². The zero-order valence-electron chi connectivity index (χ0n) is 54.4. The van der Waals surface area contributed by atoms with Crippen LogP contribution in [0.3, 0.4) is 0 Å².